The van der Waals surface area contributed by atoms with Gasteiger partial charge in [0.1, 0.15) is 6.17 Å². The van der Waals surface area contributed by atoms with E-state index in [1.807, 2.05) is 12.1 Å². The summed E-state index contributed by atoms with van der Waals surface area (Å²) >= 11 is 0. The van der Waals surface area contributed by atoms with Gasteiger partial charge < -0.3 is 4.74 Å². The number of nitrogens with zero attached hydrogens (tertiary/aromatic N) is 2. The Labute approximate surface area is 140 Å². The molecule has 0 aromatic carbocycles. The fraction of sp³-hybridized carbons (Fsp3) is 0.789. The van der Waals surface area contributed by atoms with E-state index < -0.39 is 6.17 Å². The normalized spacial score (nSPS) is 22.7. The van der Waals surface area contributed by atoms with E-state index in [9.17, 15) is 4.39 Å². The van der Waals surface area contributed by atoms with Crippen molar-refractivity contribution in [3.05, 3.63) is 17.8 Å². The summed E-state index contributed by atoms with van der Waals surface area (Å²) < 4.78 is 20.0. The van der Waals surface area contributed by atoms with E-state index in [2.05, 4.69) is 24.0 Å². The van der Waals surface area contributed by atoms with Crippen molar-refractivity contribution in [1.82, 2.24) is 10.2 Å². The summed E-state index contributed by atoms with van der Waals surface area (Å²) in [7, 11) is 0. The Morgan fingerprint density at radius 3 is 2.52 bits per heavy atom. The van der Waals surface area contributed by atoms with Crippen LogP contribution >= 0.6 is 0 Å². The fourth-order valence-corrected chi connectivity index (χ4v) is 3.47. The standard InChI is InChI=1S/C19H31FN2O/c1-3-5-13-23-19-12-11-17(21-22-19)14-18(20)16-9-7-15(6-4-2)8-10-16/h11-12,15-16,18H,3-10,13-14H2,1-2H3/t15-,16-,18?. The molecular formula is C19H31FN2O. The van der Waals surface area contributed by atoms with Crippen molar-refractivity contribution in [3.63, 3.8) is 0 Å². The van der Waals surface area contributed by atoms with Crippen LogP contribution in [0.4, 0.5) is 4.39 Å². The van der Waals surface area contributed by atoms with Gasteiger partial charge in [0.25, 0.3) is 0 Å². The number of ether oxygens (including phenoxy) is 1. The Balaban J connectivity index is 1.75. The van der Waals surface area contributed by atoms with Gasteiger partial charge in [0.05, 0.1) is 12.3 Å². The van der Waals surface area contributed by atoms with Gasteiger partial charge in [-0.3, -0.25) is 0 Å². The molecule has 2 rings (SSSR count). The summed E-state index contributed by atoms with van der Waals surface area (Å²) in [6.45, 7) is 5.02. The van der Waals surface area contributed by atoms with Crippen molar-refractivity contribution in [2.45, 2.75) is 77.8 Å². The van der Waals surface area contributed by atoms with Crippen molar-refractivity contribution < 1.29 is 9.13 Å². The number of halogens is 1. The first-order chi connectivity index (χ1) is 11.2. The minimum Gasteiger partial charge on any atom is -0.477 e. The van der Waals surface area contributed by atoms with Crippen LogP contribution in [0.15, 0.2) is 12.1 Å². The molecular weight excluding hydrogens is 291 g/mol. The van der Waals surface area contributed by atoms with E-state index >= 15 is 0 Å². The third kappa shape index (κ3) is 6.08. The van der Waals surface area contributed by atoms with Crippen LogP contribution in [0.2, 0.25) is 0 Å². The third-order valence-electron chi connectivity index (χ3n) is 4.95. The summed E-state index contributed by atoms with van der Waals surface area (Å²) in [5, 5.41) is 8.17. The topological polar surface area (TPSA) is 35.0 Å². The van der Waals surface area contributed by atoms with Crippen molar-refractivity contribution >= 4 is 0 Å². The summed E-state index contributed by atoms with van der Waals surface area (Å²) in [5.74, 6) is 1.56. The molecule has 0 bridgehead atoms. The lowest BCUT2D eigenvalue weighted by atomic mass is 9.77. The zero-order valence-electron chi connectivity index (χ0n) is 14.6. The lowest BCUT2D eigenvalue weighted by molar-refractivity contribution is 0.151. The van der Waals surface area contributed by atoms with Gasteiger partial charge in [-0.25, -0.2) is 4.39 Å². The summed E-state index contributed by atoms with van der Waals surface area (Å²) in [5.41, 5.74) is 0.732. The minimum absolute atomic E-state index is 0.199. The van der Waals surface area contributed by atoms with E-state index in [0.717, 1.165) is 37.3 Å². The molecule has 0 radical (unpaired) electrons. The highest BCUT2D eigenvalue weighted by atomic mass is 19.1. The molecule has 1 aliphatic rings. The van der Waals surface area contributed by atoms with Crippen molar-refractivity contribution in [1.29, 1.82) is 0 Å². The molecule has 1 heterocycles. The minimum atomic E-state index is -0.793. The number of hydrogen-bond acceptors (Lipinski definition) is 3. The van der Waals surface area contributed by atoms with Gasteiger partial charge in [-0.15, -0.1) is 5.10 Å². The van der Waals surface area contributed by atoms with Crippen molar-refractivity contribution in [2.24, 2.45) is 11.8 Å². The molecule has 0 saturated heterocycles. The van der Waals surface area contributed by atoms with Crippen LogP contribution in [0.5, 0.6) is 5.88 Å². The van der Waals surface area contributed by atoms with E-state index in [4.69, 9.17) is 4.74 Å². The molecule has 1 saturated carbocycles. The Morgan fingerprint density at radius 1 is 1.13 bits per heavy atom. The Kier molecular flexibility index (Phi) is 7.77. The molecule has 1 atom stereocenters. The molecule has 130 valence electrons. The van der Waals surface area contributed by atoms with Crippen molar-refractivity contribution in [3.8, 4) is 5.88 Å². The highest BCUT2D eigenvalue weighted by Gasteiger charge is 2.27. The quantitative estimate of drug-likeness (QED) is 0.590. The van der Waals surface area contributed by atoms with Gasteiger partial charge in [0.15, 0.2) is 0 Å². The first-order valence-corrected chi connectivity index (χ1v) is 9.32. The molecule has 1 fully saturated rings. The van der Waals surface area contributed by atoms with E-state index in [0.29, 0.717) is 18.9 Å². The average molecular weight is 322 g/mol. The van der Waals surface area contributed by atoms with E-state index in [1.54, 1.807) is 0 Å². The molecule has 3 nitrogen and oxygen atoms in total. The SMILES string of the molecule is CCCCOc1ccc(CC(F)[C@H]2CC[C@H](CCC)CC2)nn1. The first-order valence-electron chi connectivity index (χ1n) is 9.32. The van der Waals surface area contributed by atoms with Gasteiger partial charge in [-0.1, -0.05) is 46.0 Å². The summed E-state index contributed by atoms with van der Waals surface area (Å²) in [6, 6.07) is 3.66. The van der Waals surface area contributed by atoms with Crippen LogP contribution in [0.25, 0.3) is 0 Å². The zero-order valence-corrected chi connectivity index (χ0v) is 14.6. The van der Waals surface area contributed by atoms with Gasteiger partial charge >= 0.3 is 0 Å². The van der Waals surface area contributed by atoms with Gasteiger partial charge in [0, 0.05) is 12.5 Å². The fourth-order valence-electron chi connectivity index (χ4n) is 3.47. The average Bonchev–Trinajstić information content (AvgIpc) is 2.57. The number of alkyl halides is 1. The molecule has 23 heavy (non-hydrogen) atoms. The van der Waals surface area contributed by atoms with Crippen LogP contribution in [0.1, 0.15) is 70.9 Å². The maximum atomic E-state index is 14.5. The molecule has 4 heteroatoms. The first kappa shape index (κ1) is 18.2. The molecule has 1 aromatic heterocycles. The van der Waals surface area contributed by atoms with Crippen LogP contribution in [0, 0.1) is 11.8 Å². The number of rotatable bonds is 9. The largest absolute Gasteiger partial charge is 0.477 e. The molecule has 0 spiro atoms. The number of aromatic nitrogens is 2. The maximum Gasteiger partial charge on any atom is 0.233 e. The predicted octanol–water partition coefficient (Wildman–Crippen LogP) is 5.14. The van der Waals surface area contributed by atoms with Crippen LogP contribution in [-0.4, -0.2) is 23.0 Å². The Hall–Kier alpha value is -1.19. The number of unbranched alkanes of at least 4 members (excludes halogenated alkanes) is 1. The highest BCUT2D eigenvalue weighted by molar-refractivity contribution is 5.12. The molecule has 0 N–H and O–H groups in total. The second kappa shape index (κ2) is 9.84. The second-order valence-electron chi connectivity index (χ2n) is 6.85. The van der Waals surface area contributed by atoms with Crippen LogP contribution in [-0.2, 0) is 6.42 Å². The molecule has 0 aliphatic heterocycles. The number of hydrogen-bond donors (Lipinski definition) is 0. The third-order valence-corrected chi connectivity index (χ3v) is 4.95. The summed E-state index contributed by atoms with van der Waals surface area (Å²) in [6.07, 6.45) is 8.67. The zero-order chi connectivity index (χ0) is 16.5. The lowest BCUT2D eigenvalue weighted by Crippen LogP contribution is -2.24. The van der Waals surface area contributed by atoms with Gasteiger partial charge in [-0.2, -0.15) is 5.10 Å². The predicted molar refractivity (Wildman–Crippen MR) is 91.4 cm³/mol. The molecule has 1 aliphatic carbocycles. The van der Waals surface area contributed by atoms with Crippen LogP contribution in [0.3, 0.4) is 0 Å². The van der Waals surface area contributed by atoms with E-state index in [1.165, 1.54) is 25.7 Å². The molecule has 1 unspecified atom stereocenters. The molecule has 0 amide bonds. The second-order valence-corrected chi connectivity index (χ2v) is 6.85. The van der Waals surface area contributed by atoms with Gasteiger partial charge in [0.2, 0.25) is 5.88 Å². The van der Waals surface area contributed by atoms with E-state index in [-0.39, 0.29) is 5.92 Å². The van der Waals surface area contributed by atoms with Gasteiger partial charge in [-0.05, 0) is 37.2 Å². The Bertz CT molecular complexity index is 430. The summed E-state index contributed by atoms with van der Waals surface area (Å²) in [4.78, 5) is 0. The van der Waals surface area contributed by atoms with Crippen LogP contribution < -0.4 is 4.74 Å². The Morgan fingerprint density at radius 2 is 1.91 bits per heavy atom. The lowest BCUT2D eigenvalue weighted by Gasteiger charge is -2.30. The smallest absolute Gasteiger partial charge is 0.233 e. The maximum absolute atomic E-state index is 14.5. The monoisotopic (exact) mass is 322 g/mol. The van der Waals surface area contributed by atoms with Crippen molar-refractivity contribution in [2.75, 3.05) is 6.61 Å². The highest BCUT2D eigenvalue weighted by Crippen LogP contribution is 2.35. The molecule has 1 aromatic rings.